The maximum absolute atomic E-state index is 12.9. The Morgan fingerprint density at radius 2 is 2.00 bits per heavy atom. The molecule has 2 atom stereocenters. The minimum absolute atomic E-state index is 0.109. The van der Waals surface area contributed by atoms with Gasteiger partial charge in [-0.25, -0.2) is 0 Å². The number of rotatable bonds is 3. The predicted molar refractivity (Wildman–Crippen MR) is 89.1 cm³/mol. The van der Waals surface area contributed by atoms with Crippen molar-refractivity contribution in [2.24, 2.45) is 0 Å². The zero-order valence-electron chi connectivity index (χ0n) is 13.9. The third-order valence-electron chi connectivity index (χ3n) is 6.00. The van der Waals surface area contributed by atoms with Crippen molar-refractivity contribution in [1.29, 1.82) is 0 Å². The van der Waals surface area contributed by atoms with Crippen LogP contribution in [0.2, 0.25) is 0 Å². The normalized spacial score (nSPS) is 29.4. The Morgan fingerprint density at radius 3 is 2.87 bits per heavy atom. The number of fused-ring (bicyclic) bond motifs is 1. The van der Waals surface area contributed by atoms with E-state index in [9.17, 15) is 4.79 Å². The van der Waals surface area contributed by atoms with E-state index in [-0.39, 0.29) is 18.0 Å². The number of likely N-dealkylation sites (tertiary alicyclic amines) is 1. The van der Waals surface area contributed by atoms with Gasteiger partial charge in [0.05, 0.1) is 12.2 Å². The van der Waals surface area contributed by atoms with E-state index in [2.05, 4.69) is 20.4 Å². The van der Waals surface area contributed by atoms with E-state index in [0.717, 1.165) is 32.2 Å². The van der Waals surface area contributed by atoms with Crippen molar-refractivity contribution in [3.8, 4) is 0 Å². The number of carbonyl (C=O) groups excluding carboxylic acids is 1. The Hall–Kier alpha value is -1.36. The summed E-state index contributed by atoms with van der Waals surface area (Å²) in [5.41, 5.74) is 2.53. The first-order chi connectivity index (χ1) is 11.3. The van der Waals surface area contributed by atoms with Crippen LogP contribution in [0.15, 0.2) is 6.20 Å². The van der Waals surface area contributed by atoms with Gasteiger partial charge in [0.25, 0.3) is 0 Å². The molecule has 1 aromatic rings. The molecular weight excluding hydrogens is 288 g/mol. The quantitative estimate of drug-likeness (QED) is 0.898. The van der Waals surface area contributed by atoms with E-state index in [1.165, 1.54) is 49.8 Å². The number of H-pyrrole nitrogens is 1. The smallest absolute Gasteiger partial charge is 0.237 e. The monoisotopic (exact) mass is 316 g/mol. The van der Waals surface area contributed by atoms with Gasteiger partial charge >= 0.3 is 0 Å². The molecule has 3 aliphatic rings. The van der Waals surface area contributed by atoms with Crippen LogP contribution in [-0.2, 0) is 17.6 Å². The van der Waals surface area contributed by atoms with E-state index in [0.29, 0.717) is 6.04 Å². The summed E-state index contributed by atoms with van der Waals surface area (Å²) in [7, 11) is 0. The van der Waals surface area contributed by atoms with Crippen molar-refractivity contribution < 1.29 is 4.79 Å². The van der Waals surface area contributed by atoms with Gasteiger partial charge in [-0.15, -0.1) is 0 Å². The van der Waals surface area contributed by atoms with Gasteiger partial charge < -0.3 is 5.32 Å². The first kappa shape index (κ1) is 15.2. The summed E-state index contributed by atoms with van der Waals surface area (Å²) in [6.07, 6.45) is 13.6. The lowest BCUT2D eigenvalue weighted by Crippen LogP contribution is -2.55. The summed E-state index contributed by atoms with van der Waals surface area (Å²) in [6, 6.07) is 1.04. The highest BCUT2D eigenvalue weighted by atomic mass is 16.2. The molecule has 23 heavy (non-hydrogen) atoms. The van der Waals surface area contributed by atoms with E-state index in [1.807, 2.05) is 6.20 Å². The maximum Gasteiger partial charge on any atom is 0.237 e. The highest BCUT2D eigenvalue weighted by Crippen LogP contribution is 2.29. The Morgan fingerprint density at radius 1 is 1.17 bits per heavy atom. The van der Waals surface area contributed by atoms with E-state index < -0.39 is 0 Å². The fraction of sp³-hybridized carbons (Fsp3) is 0.778. The van der Waals surface area contributed by atoms with Gasteiger partial charge in [0, 0.05) is 17.8 Å². The number of carbonyl (C=O) groups is 1. The number of aromatic amines is 1. The summed E-state index contributed by atoms with van der Waals surface area (Å²) < 4.78 is 0. The average Bonchev–Trinajstić information content (AvgIpc) is 3.26. The van der Waals surface area contributed by atoms with Crippen LogP contribution in [0, 0.1) is 0 Å². The average molecular weight is 316 g/mol. The highest BCUT2D eigenvalue weighted by molar-refractivity contribution is 5.82. The molecule has 5 heteroatoms. The molecular formula is C18H28N4O. The predicted octanol–water partition coefficient (Wildman–Crippen LogP) is 2.18. The van der Waals surface area contributed by atoms with Gasteiger partial charge in [-0.3, -0.25) is 14.8 Å². The zero-order chi connectivity index (χ0) is 15.6. The van der Waals surface area contributed by atoms with Crippen molar-refractivity contribution in [1.82, 2.24) is 20.4 Å². The minimum atomic E-state index is 0.109. The van der Waals surface area contributed by atoms with Crippen LogP contribution in [0.25, 0.3) is 0 Å². The molecule has 4 rings (SSSR count). The summed E-state index contributed by atoms with van der Waals surface area (Å²) in [6.45, 7) is 1.11. The molecule has 126 valence electrons. The van der Waals surface area contributed by atoms with Crippen molar-refractivity contribution in [3.63, 3.8) is 0 Å². The van der Waals surface area contributed by atoms with Crippen molar-refractivity contribution in [2.45, 2.75) is 82.3 Å². The van der Waals surface area contributed by atoms with Gasteiger partial charge in [-0.05, 0) is 57.1 Å². The lowest BCUT2D eigenvalue weighted by molar-refractivity contribution is -0.129. The molecule has 1 saturated heterocycles. The van der Waals surface area contributed by atoms with Crippen LogP contribution >= 0.6 is 0 Å². The van der Waals surface area contributed by atoms with Crippen LogP contribution in [0.5, 0.6) is 0 Å². The summed E-state index contributed by atoms with van der Waals surface area (Å²) in [4.78, 5) is 15.4. The molecule has 2 fully saturated rings. The molecule has 0 radical (unpaired) electrons. The number of hydrogen-bond donors (Lipinski definition) is 2. The third kappa shape index (κ3) is 3.16. The maximum atomic E-state index is 12.9. The molecule has 2 N–H and O–H groups in total. The number of amides is 1. The van der Waals surface area contributed by atoms with Crippen molar-refractivity contribution >= 4 is 5.91 Å². The fourth-order valence-corrected chi connectivity index (χ4v) is 4.75. The second-order valence-electron chi connectivity index (χ2n) is 7.51. The van der Waals surface area contributed by atoms with Crippen molar-refractivity contribution in [3.05, 3.63) is 17.5 Å². The van der Waals surface area contributed by atoms with Gasteiger partial charge in [-0.1, -0.05) is 19.3 Å². The summed E-state index contributed by atoms with van der Waals surface area (Å²) >= 11 is 0. The Balaban J connectivity index is 1.39. The van der Waals surface area contributed by atoms with E-state index >= 15 is 0 Å². The molecule has 0 unspecified atom stereocenters. The molecule has 0 bridgehead atoms. The van der Waals surface area contributed by atoms with Gasteiger partial charge in [0.1, 0.15) is 0 Å². The second-order valence-corrected chi connectivity index (χ2v) is 7.51. The van der Waals surface area contributed by atoms with Gasteiger partial charge in [0.15, 0.2) is 0 Å². The number of nitrogens with one attached hydrogen (secondary N) is 2. The van der Waals surface area contributed by atoms with Crippen LogP contribution < -0.4 is 5.32 Å². The lowest BCUT2D eigenvalue weighted by atomic mass is 9.92. The number of nitrogens with zero attached hydrogens (tertiary/aromatic N) is 2. The van der Waals surface area contributed by atoms with Crippen LogP contribution in [0.4, 0.5) is 0 Å². The highest BCUT2D eigenvalue weighted by Gasteiger charge is 2.35. The van der Waals surface area contributed by atoms with Crippen LogP contribution in [0.1, 0.15) is 62.6 Å². The molecule has 2 heterocycles. The molecule has 0 spiro atoms. The molecule has 1 aromatic heterocycles. The third-order valence-corrected chi connectivity index (χ3v) is 6.00. The fourth-order valence-electron chi connectivity index (χ4n) is 4.75. The van der Waals surface area contributed by atoms with Crippen LogP contribution in [0.3, 0.4) is 0 Å². The lowest BCUT2D eigenvalue weighted by Gasteiger charge is -2.39. The molecule has 2 aliphatic carbocycles. The Kier molecular flexibility index (Phi) is 4.38. The first-order valence-electron chi connectivity index (χ1n) is 9.38. The number of piperidine rings is 1. The van der Waals surface area contributed by atoms with E-state index in [4.69, 9.17) is 0 Å². The van der Waals surface area contributed by atoms with Crippen molar-refractivity contribution in [2.75, 3.05) is 6.54 Å². The Labute approximate surface area is 138 Å². The Bertz CT molecular complexity index is 549. The SMILES string of the molecule is O=C(N[C@@H]1CCc2[nH]ncc2C1)[C@H]1CCCCN1C1CCCC1. The topological polar surface area (TPSA) is 61.0 Å². The molecule has 1 saturated carbocycles. The largest absolute Gasteiger partial charge is 0.352 e. The number of aryl methyl sites for hydroxylation is 1. The minimum Gasteiger partial charge on any atom is -0.352 e. The first-order valence-corrected chi connectivity index (χ1v) is 9.38. The summed E-state index contributed by atoms with van der Waals surface area (Å²) in [5.74, 6) is 0.272. The number of hydrogen-bond acceptors (Lipinski definition) is 3. The standard InChI is InChI=1S/C18H28N4O/c23-18(20-14-8-9-16-13(11-14)12-19-21-16)17-7-3-4-10-22(17)15-5-1-2-6-15/h12,14-15,17H,1-11H2,(H,19,21)(H,20,23)/t14-,17-/m1/s1. The van der Waals surface area contributed by atoms with Crippen LogP contribution in [-0.4, -0.2) is 45.7 Å². The summed E-state index contributed by atoms with van der Waals surface area (Å²) in [5, 5.41) is 10.5. The van der Waals surface area contributed by atoms with Gasteiger partial charge in [-0.2, -0.15) is 5.10 Å². The molecule has 1 amide bonds. The number of aromatic nitrogens is 2. The molecule has 5 nitrogen and oxygen atoms in total. The molecule has 0 aromatic carbocycles. The second kappa shape index (κ2) is 6.63. The van der Waals surface area contributed by atoms with E-state index in [1.54, 1.807) is 0 Å². The zero-order valence-corrected chi connectivity index (χ0v) is 13.9. The molecule has 1 aliphatic heterocycles. The van der Waals surface area contributed by atoms with Gasteiger partial charge in [0.2, 0.25) is 5.91 Å².